The zero-order valence-electron chi connectivity index (χ0n) is 24.0. The van der Waals surface area contributed by atoms with Gasteiger partial charge in [0.05, 0.1) is 17.7 Å². The lowest BCUT2D eigenvalue weighted by atomic mass is 10.0. The molecule has 9 nitrogen and oxygen atoms in total. The summed E-state index contributed by atoms with van der Waals surface area (Å²) in [4.78, 5) is 28.9. The molecule has 0 radical (unpaired) electrons. The fourth-order valence-electron chi connectivity index (χ4n) is 4.57. The van der Waals surface area contributed by atoms with Crippen LogP contribution in [0.25, 0.3) is 0 Å². The first-order valence-electron chi connectivity index (χ1n) is 14.0. The van der Waals surface area contributed by atoms with Gasteiger partial charge in [0, 0.05) is 12.2 Å². The third-order valence-electron chi connectivity index (χ3n) is 6.80. The fourth-order valence-corrected chi connectivity index (χ4v) is 5.63. The van der Waals surface area contributed by atoms with Gasteiger partial charge in [-0.05, 0) is 71.8 Å². The van der Waals surface area contributed by atoms with Gasteiger partial charge in [0.25, 0.3) is 15.9 Å². The van der Waals surface area contributed by atoms with Crippen LogP contribution in [0.4, 0.5) is 10.1 Å². The quantitative estimate of drug-likeness (QED) is 0.173. The molecular weight excluding hydrogens is 597 g/mol. The highest BCUT2D eigenvalue weighted by Crippen LogP contribution is 2.25. The number of carbonyl (C=O) groups excluding carboxylic acids is 2. The van der Waals surface area contributed by atoms with E-state index in [2.05, 4.69) is 10.0 Å². The Balaban J connectivity index is 1.33. The lowest BCUT2D eigenvalue weighted by molar-refractivity contribution is -0.143. The van der Waals surface area contributed by atoms with Crippen LogP contribution in [0.15, 0.2) is 137 Å². The summed E-state index contributed by atoms with van der Waals surface area (Å²) in [5.41, 5.74) is 1.64. The minimum absolute atomic E-state index is 0.0476. The summed E-state index contributed by atoms with van der Waals surface area (Å²) in [6, 6.07) is 31.2. The van der Waals surface area contributed by atoms with Crippen molar-refractivity contribution in [2.45, 2.75) is 24.0 Å². The average molecular weight is 628 g/mol. The van der Waals surface area contributed by atoms with Crippen LogP contribution in [-0.4, -0.2) is 31.7 Å². The first-order valence-corrected chi connectivity index (χ1v) is 15.5. The molecule has 1 aromatic heterocycles. The van der Waals surface area contributed by atoms with Gasteiger partial charge < -0.3 is 19.4 Å². The van der Waals surface area contributed by atoms with Crippen molar-refractivity contribution >= 4 is 27.5 Å². The van der Waals surface area contributed by atoms with Crippen LogP contribution in [0.5, 0.6) is 5.75 Å². The van der Waals surface area contributed by atoms with Crippen molar-refractivity contribution in [3.8, 4) is 5.75 Å². The summed E-state index contributed by atoms with van der Waals surface area (Å²) in [6.45, 7) is -0.144. The third-order valence-corrected chi connectivity index (χ3v) is 8.20. The number of furan rings is 1. The molecule has 2 amide bonds. The van der Waals surface area contributed by atoms with Crippen molar-refractivity contribution in [3.05, 3.63) is 150 Å². The van der Waals surface area contributed by atoms with E-state index in [0.717, 1.165) is 17.7 Å². The van der Waals surface area contributed by atoms with E-state index in [1.165, 1.54) is 47.6 Å². The monoisotopic (exact) mass is 627 g/mol. The van der Waals surface area contributed by atoms with Gasteiger partial charge in [0.15, 0.2) is 6.61 Å². The molecule has 11 heteroatoms. The van der Waals surface area contributed by atoms with E-state index >= 15 is 0 Å². The van der Waals surface area contributed by atoms with Crippen LogP contribution in [0.2, 0.25) is 0 Å². The summed E-state index contributed by atoms with van der Waals surface area (Å²) >= 11 is 0. The van der Waals surface area contributed by atoms with Crippen molar-refractivity contribution in [2.75, 3.05) is 11.3 Å². The molecule has 4 aromatic carbocycles. The maximum absolute atomic E-state index is 13.8. The van der Waals surface area contributed by atoms with Gasteiger partial charge >= 0.3 is 0 Å². The molecule has 0 saturated carbocycles. The Morgan fingerprint density at radius 1 is 0.822 bits per heavy atom. The molecular formula is C34H30FN3O6S. The normalized spacial score (nSPS) is 11.8. The van der Waals surface area contributed by atoms with Crippen LogP contribution >= 0.6 is 0 Å². The van der Waals surface area contributed by atoms with Crippen LogP contribution in [0, 0.1) is 5.82 Å². The Bertz CT molecular complexity index is 1800. The lowest BCUT2D eigenvalue weighted by Crippen LogP contribution is -2.45. The number of benzene rings is 4. The molecule has 230 valence electrons. The van der Waals surface area contributed by atoms with Crippen LogP contribution < -0.4 is 14.8 Å². The average Bonchev–Trinajstić information content (AvgIpc) is 3.58. The molecule has 0 fully saturated rings. The summed E-state index contributed by atoms with van der Waals surface area (Å²) in [5.74, 6) is -0.526. The number of nitrogens with one attached hydrogen (secondary N) is 2. The van der Waals surface area contributed by atoms with Crippen molar-refractivity contribution in [1.29, 1.82) is 0 Å². The fraction of sp³-hybridized carbons (Fsp3) is 0.118. The zero-order chi connectivity index (χ0) is 31.6. The second kappa shape index (κ2) is 14.4. The van der Waals surface area contributed by atoms with Crippen molar-refractivity contribution in [3.63, 3.8) is 0 Å². The van der Waals surface area contributed by atoms with E-state index in [-0.39, 0.29) is 29.4 Å². The van der Waals surface area contributed by atoms with Crippen molar-refractivity contribution < 1.29 is 31.6 Å². The van der Waals surface area contributed by atoms with E-state index in [9.17, 15) is 22.4 Å². The third kappa shape index (κ3) is 8.36. The number of anilines is 1. The number of rotatable bonds is 13. The largest absolute Gasteiger partial charge is 0.484 e. The maximum atomic E-state index is 13.8. The van der Waals surface area contributed by atoms with Crippen LogP contribution in [0.1, 0.15) is 22.9 Å². The minimum atomic E-state index is -3.95. The molecule has 1 atom stereocenters. The number of hydrogen-bond donors (Lipinski definition) is 2. The van der Waals surface area contributed by atoms with E-state index in [1.54, 1.807) is 36.4 Å². The zero-order valence-corrected chi connectivity index (χ0v) is 24.8. The number of ether oxygens (including phenoxy) is 1. The van der Waals surface area contributed by atoms with Gasteiger partial charge in [0.2, 0.25) is 5.91 Å². The molecule has 0 spiro atoms. The number of hydrogen-bond acceptors (Lipinski definition) is 6. The number of halogens is 1. The highest BCUT2D eigenvalue weighted by Gasteiger charge is 2.32. The van der Waals surface area contributed by atoms with E-state index in [4.69, 9.17) is 9.15 Å². The predicted octanol–water partition coefficient (Wildman–Crippen LogP) is 5.68. The van der Waals surface area contributed by atoms with E-state index in [1.807, 2.05) is 36.4 Å². The Morgan fingerprint density at radius 3 is 2.13 bits per heavy atom. The second-order valence-corrected chi connectivity index (χ2v) is 11.7. The van der Waals surface area contributed by atoms with Crippen LogP contribution in [-0.2, 0) is 32.7 Å². The summed E-state index contributed by atoms with van der Waals surface area (Å²) in [6.07, 6.45) is 1.52. The summed E-state index contributed by atoms with van der Waals surface area (Å²) in [5, 5.41) is 2.87. The smallest absolute Gasteiger partial charge is 0.261 e. The van der Waals surface area contributed by atoms with E-state index in [0.29, 0.717) is 11.3 Å². The first kappa shape index (κ1) is 31.0. The molecule has 0 aliphatic carbocycles. The maximum Gasteiger partial charge on any atom is 0.261 e. The molecule has 0 saturated heterocycles. The number of nitrogens with zero attached hydrogens (tertiary/aromatic N) is 1. The molecule has 2 N–H and O–H groups in total. The Labute approximate surface area is 260 Å². The molecule has 0 bridgehead atoms. The van der Waals surface area contributed by atoms with Gasteiger partial charge in [-0.15, -0.1) is 0 Å². The van der Waals surface area contributed by atoms with Gasteiger partial charge in [0.1, 0.15) is 23.4 Å². The summed E-state index contributed by atoms with van der Waals surface area (Å²) in [7, 11) is -3.95. The lowest BCUT2D eigenvalue weighted by Gasteiger charge is -2.31. The minimum Gasteiger partial charge on any atom is -0.484 e. The molecule has 45 heavy (non-hydrogen) atoms. The van der Waals surface area contributed by atoms with Gasteiger partial charge in [-0.3, -0.25) is 14.3 Å². The molecule has 0 aliphatic rings. The second-order valence-electron chi connectivity index (χ2n) is 9.99. The number of amides is 2. The molecule has 5 aromatic rings. The SMILES string of the molecule is O=C(NCc1ccco1)[C@@H](c1ccccc1)N(Cc1ccccc1)C(=O)COc1ccc(S(=O)(=O)Nc2ccc(F)cc2)cc1. The molecule has 1 heterocycles. The molecule has 5 rings (SSSR count). The van der Waals surface area contributed by atoms with E-state index < -0.39 is 40.3 Å². The van der Waals surface area contributed by atoms with Crippen molar-refractivity contribution in [1.82, 2.24) is 10.2 Å². The van der Waals surface area contributed by atoms with Gasteiger partial charge in [-0.25, -0.2) is 12.8 Å². The number of sulfonamides is 1. The number of carbonyl (C=O) groups is 2. The Kier molecular flexibility index (Phi) is 9.90. The topological polar surface area (TPSA) is 118 Å². The van der Waals surface area contributed by atoms with Gasteiger partial charge in [-0.2, -0.15) is 0 Å². The summed E-state index contributed by atoms with van der Waals surface area (Å²) < 4.78 is 52.3. The molecule has 0 aliphatic heterocycles. The molecule has 0 unspecified atom stereocenters. The van der Waals surface area contributed by atoms with Crippen molar-refractivity contribution in [2.24, 2.45) is 0 Å². The predicted molar refractivity (Wildman–Crippen MR) is 166 cm³/mol. The van der Waals surface area contributed by atoms with Gasteiger partial charge in [-0.1, -0.05) is 60.7 Å². The highest BCUT2D eigenvalue weighted by atomic mass is 32.2. The van der Waals surface area contributed by atoms with Crippen LogP contribution in [0.3, 0.4) is 0 Å². The Hall–Kier alpha value is -5.42. The Morgan fingerprint density at radius 2 is 1.49 bits per heavy atom. The standard InChI is InChI=1S/C34H30FN3O6S/c35-27-13-15-28(16-14-27)37-45(41,42)31-19-17-29(18-20-31)44-24-32(39)38(23-25-8-3-1-4-9-25)33(26-10-5-2-6-11-26)34(40)36-22-30-12-7-21-43-30/h1-21,33,37H,22-24H2,(H,36,40)/t33-/m1/s1. The highest BCUT2D eigenvalue weighted by molar-refractivity contribution is 7.92. The first-order chi connectivity index (χ1) is 21.8.